The van der Waals surface area contributed by atoms with Gasteiger partial charge in [0.05, 0.1) is 10.2 Å². The number of halogens is 4. The second-order valence-corrected chi connectivity index (χ2v) is 3.09. The van der Waals surface area contributed by atoms with E-state index in [9.17, 15) is 8.78 Å². The Morgan fingerprint density at radius 2 is 1.82 bits per heavy atom. The molecule has 0 aliphatic carbocycles. The van der Waals surface area contributed by atoms with Crippen LogP contribution in [-0.4, -0.2) is 0 Å². The van der Waals surface area contributed by atoms with E-state index in [1.54, 1.807) is 0 Å². The molecule has 5 heteroatoms. The summed E-state index contributed by atoms with van der Waals surface area (Å²) in [4.78, 5) is 0. The van der Waals surface area contributed by atoms with Gasteiger partial charge in [-0.2, -0.15) is 0 Å². The summed E-state index contributed by atoms with van der Waals surface area (Å²) in [5.41, 5.74) is 0.0747. The Balaban J connectivity index is 3.21. The minimum Gasteiger partial charge on any atom is -0.320 e. The van der Waals surface area contributed by atoms with Crippen molar-refractivity contribution in [2.45, 2.75) is 0 Å². The summed E-state index contributed by atoms with van der Waals surface area (Å²) in [5.74, 6) is -1.02. The summed E-state index contributed by atoms with van der Waals surface area (Å²) >= 11 is 5.65. The van der Waals surface area contributed by atoms with Crippen LogP contribution in [-0.2, 0) is 0 Å². The maximum atomic E-state index is 12.7. The molecule has 0 aliphatic rings. The topological polar surface area (TPSA) is 12.0 Å². The first-order valence-corrected chi connectivity index (χ1v) is 4.25. The average molecular weight is 287 g/mol. The summed E-state index contributed by atoms with van der Waals surface area (Å²) in [6.45, 7) is 0. The van der Waals surface area contributed by atoms with Gasteiger partial charge < -0.3 is 4.34 Å². The Kier molecular flexibility index (Phi) is 2.84. The van der Waals surface area contributed by atoms with Gasteiger partial charge >= 0.3 is 0 Å². The molecule has 0 amide bonds. The minimum atomic E-state index is -0.518. The molecular formula is C6H3Br2F2N. The first kappa shape index (κ1) is 8.93. The highest BCUT2D eigenvalue weighted by Gasteiger charge is 2.06. The van der Waals surface area contributed by atoms with E-state index in [1.807, 2.05) is 0 Å². The zero-order valence-corrected chi connectivity index (χ0v) is 8.34. The number of rotatable bonds is 1. The fourth-order valence-electron chi connectivity index (χ4n) is 0.595. The molecule has 0 aromatic heterocycles. The van der Waals surface area contributed by atoms with Crippen LogP contribution in [0.2, 0.25) is 0 Å². The summed E-state index contributed by atoms with van der Waals surface area (Å²) in [6, 6.07) is 2.10. The summed E-state index contributed by atoms with van der Waals surface area (Å²) in [7, 11) is 0. The summed E-state index contributed by atoms with van der Waals surface area (Å²) in [5, 5.41) is 0. The predicted molar refractivity (Wildman–Crippen MR) is 46.6 cm³/mol. The lowest BCUT2D eigenvalue weighted by Crippen LogP contribution is -1.88. The monoisotopic (exact) mass is 285 g/mol. The quantitative estimate of drug-likeness (QED) is 0.616. The van der Waals surface area contributed by atoms with Crippen molar-refractivity contribution in [2.75, 3.05) is 4.34 Å². The fourth-order valence-corrected chi connectivity index (χ4v) is 1.21. The molecule has 1 N–H and O–H groups in total. The van der Waals surface area contributed by atoms with Crippen LogP contribution in [0, 0.1) is 11.6 Å². The zero-order chi connectivity index (χ0) is 8.43. The SMILES string of the molecule is Fc1cc(NBr)c(F)cc1Br. The third kappa shape index (κ3) is 1.90. The van der Waals surface area contributed by atoms with Gasteiger partial charge in [-0.05, 0) is 22.0 Å². The van der Waals surface area contributed by atoms with E-state index in [4.69, 9.17) is 0 Å². The molecule has 0 heterocycles. The van der Waals surface area contributed by atoms with E-state index in [1.165, 1.54) is 0 Å². The maximum Gasteiger partial charge on any atom is 0.148 e. The number of anilines is 1. The Morgan fingerprint density at radius 1 is 1.18 bits per heavy atom. The molecule has 0 spiro atoms. The van der Waals surface area contributed by atoms with Crippen LogP contribution in [0.25, 0.3) is 0 Å². The molecule has 0 saturated carbocycles. The van der Waals surface area contributed by atoms with E-state index in [0.717, 1.165) is 12.1 Å². The van der Waals surface area contributed by atoms with Gasteiger partial charge in [0, 0.05) is 22.2 Å². The predicted octanol–water partition coefficient (Wildman–Crippen LogP) is 3.45. The largest absolute Gasteiger partial charge is 0.320 e. The standard InChI is InChI=1S/C6H3Br2F2N/c7-3-1-5(10)6(11-8)2-4(3)9/h1-2,11H. The van der Waals surface area contributed by atoms with Crippen molar-refractivity contribution in [1.29, 1.82) is 0 Å². The Hall–Kier alpha value is -0.160. The molecule has 60 valence electrons. The van der Waals surface area contributed by atoms with E-state index < -0.39 is 11.6 Å². The van der Waals surface area contributed by atoms with Crippen LogP contribution in [0.5, 0.6) is 0 Å². The van der Waals surface area contributed by atoms with E-state index in [-0.39, 0.29) is 10.2 Å². The average Bonchev–Trinajstić information content (AvgIpc) is 1.97. The molecule has 1 aromatic carbocycles. The smallest absolute Gasteiger partial charge is 0.148 e. The lowest BCUT2D eigenvalue weighted by Gasteiger charge is -2.00. The molecule has 0 fully saturated rings. The van der Waals surface area contributed by atoms with Crippen molar-refractivity contribution in [3.05, 3.63) is 28.2 Å². The molecule has 0 aliphatic heterocycles. The van der Waals surface area contributed by atoms with Crippen LogP contribution < -0.4 is 4.34 Å². The van der Waals surface area contributed by atoms with Crippen molar-refractivity contribution in [3.63, 3.8) is 0 Å². The van der Waals surface area contributed by atoms with Gasteiger partial charge in [-0.1, -0.05) is 0 Å². The van der Waals surface area contributed by atoms with Gasteiger partial charge in [0.2, 0.25) is 0 Å². The second kappa shape index (κ2) is 3.49. The molecule has 0 bridgehead atoms. The van der Waals surface area contributed by atoms with Crippen LogP contribution in [0.3, 0.4) is 0 Å². The molecule has 0 unspecified atom stereocenters. The molecule has 0 radical (unpaired) electrons. The molecule has 0 atom stereocenters. The van der Waals surface area contributed by atoms with Crippen LogP contribution >= 0.6 is 32.1 Å². The molecule has 1 nitrogen and oxygen atoms in total. The zero-order valence-electron chi connectivity index (χ0n) is 5.17. The molecular weight excluding hydrogens is 284 g/mol. The second-order valence-electron chi connectivity index (χ2n) is 1.84. The van der Waals surface area contributed by atoms with Gasteiger partial charge in [-0.3, -0.25) is 0 Å². The lowest BCUT2D eigenvalue weighted by molar-refractivity contribution is 0.598. The van der Waals surface area contributed by atoms with Gasteiger partial charge in [0.1, 0.15) is 11.6 Å². The molecule has 1 aromatic rings. The normalized spacial score (nSPS) is 9.82. The van der Waals surface area contributed by atoms with Crippen molar-refractivity contribution in [3.8, 4) is 0 Å². The minimum absolute atomic E-state index is 0.0747. The Bertz CT molecular complexity index is 278. The molecule has 11 heavy (non-hydrogen) atoms. The fraction of sp³-hybridized carbons (Fsp3) is 0. The van der Waals surface area contributed by atoms with E-state index in [0.29, 0.717) is 0 Å². The van der Waals surface area contributed by atoms with Crippen molar-refractivity contribution in [2.24, 2.45) is 0 Å². The summed E-state index contributed by atoms with van der Waals surface area (Å²) < 4.78 is 27.9. The summed E-state index contributed by atoms with van der Waals surface area (Å²) in [6.07, 6.45) is 0. The van der Waals surface area contributed by atoms with Crippen LogP contribution in [0.1, 0.15) is 0 Å². The third-order valence-corrected chi connectivity index (χ3v) is 2.15. The van der Waals surface area contributed by atoms with Crippen molar-refractivity contribution >= 4 is 37.8 Å². The van der Waals surface area contributed by atoms with Crippen LogP contribution in [0.15, 0.2) is 16.6 Å². The number of hydrogen-bond acceptors (Lipinski definition) is 1. The van der Waals surface area contributed by atoms with Gasteiger partial charge in [0.25, 0.3) is 0 Å². The highest BCUT2D eigenvalue weighted by Crippen LogP contribution is 2.23. The van der Waals surface area contributed by atoms with Crippen molar-refractivity contribution < 1.29 is 8.78 Å². The van der Waals surface area contributed by atoms with Gasteiger partial charge in [0.15, 0.2) is 0 Å². The maximum absolute atomic E-state index is 12.7. The third-order valence-electron chi connectivity index (χ3n) is 1.11. The van der Waals surface area contributed by atoms with Gasteiger partial charge in [-0.25, -0.2) is 8.78 Å². The molecule has 1 rings (SSSR count). The van der Waals surface area contributed by atoms with Gasteiger partial charge in [-0.15, -0.1) is 0 Å². The molecule has 0 saturated heterocycles. The first-order valence-electron chi connectivity index (χ1n) is 2.66. The Labute approximate surface area is 79.3 Å². The number of benzene rings is 1. The first-order chi connectivity index (χ1) is 5.15. The number of nitrogens with one attached hydrogen (secondary N) is 1. The highest BCUT2D eigenvalue weighted by atomic mass is 79.9. The number of hydrogen-bond donors (Lipinski definition) is 1. The Morgan fingerprint density at radius 3 is 2.36 bits per heavy atom. The van der Waals surface area contributed by atoms with Crippen LogP contribution in [0.4, 0.5) is 14.5 Å². The van der Waals surface area contributed by atoms with E-state index >= 15 is 0 Å². The lowest BCUT2D eigenvalue weighted by atomic mass is 10.3. The van der Waals surface area contributed by atoms with E-state index in [2.05, 4.69) is 36.4 Å². The van der Waals surface area contributed by atoms with Crippen molar-refractivity contribution in [1.82, 2.24) is 0 Å². The highest BCUT2D eigenvalue weighted by molar-refractivity contribution is 9.10.